The van der Waals surface area contributed by atoms with Gasteiger partial charge < -0.3 is 5.32 Å². The van der Waals surface area contributed by atoms with Crippen molar-refractivity contribution in [3.8, 4) is 0 Å². The van der Waals surface area contributed by atoms with Crippen LogP contribution in [0.4, 0.5) is 15.8 Å². The summed E-state index contributed by atoms with van der Waals surface area (Å²) in [6, 6.07) is 4.08. The number of halogens is 1. The third-order valence-corrected chi connectivity index (χ3v) is 1.68. The minimum atomic E-state index is -0.822. The van der Waals surface area contributed by atoms with Crippen LogP contribution in [0.1, 0.15) is 20.8 Å². The Hall–Kier alpha value is -1.65. The van der Waals surface area contributed by atoms with Crippen LogP contribution >= 0.6 is 0 Å². The first kappa shape index (κ1) is 11.4. The van der Waals surface area contributed by atoms with Gasteiger partial charge in [0, 0.05) is 11.6 Å². The van der Waals surface area contributed by atoms with E-state index in [9.17, 15) is 14.5 Å². The van der Waals surface area contributed by atoms with Gasteiger partial charge in [0.2, 0.25) is 5.82 Å². The molecule has 0 radical (unpaired) electrons. The third kappa shape index (κ3) is 2.90. The fourth-order valence-corrected chi connectivity index (χ4v) is 1.16. The van der Waals surface area contributed by atoms with Crippen molar-refractivity contribution in [2.45, 2.75) is 26.3 Å². The quantitative estimate of drug-likeness (QED) is 0.605. The smallest absolute Gasteiger partial charge is 0.306 e. The highest BCUT2D eigenvalue weighted by Crippen LogP contribution is 2.26. The fourth-order valence-electron chi connectivity index (χ4n) is 1.16. The van der Waals surface area contributed by atoms with Gasteiger partial charge >= 0.3 is 5.69 Å². The maximum absolute atomic E-state index is 13.5. The Bertz CT molecular complexity index is 385. The zero-order valence-electron chi connectivity index (χ0n) is 8.87. The van der Waals surface area contributed by atoms with Crippen molar-refractivity contribution >= 4 is 11.4 Å². The van der Waals surface area contributed by atoms with Gasteiger partial charge in [-0.15, -0.1) is 0 Å². The highest BCUT2D eigenvalue weighted by Gasteiger charge is 2.20. The van der Waals surface area contributed by atoms with Crippen LogP contribution in [0.15, 0.2) is 18.2 Å². The Morgan fingerprint density at radius 2 is 2.00 bits per heavy atom. The van der Waals surface area contributed by atoms with Crippen LogP contribution in [0.3, 0.4) is 0 Å². The summed E-state index contributed by atoms with van der Waals surface area (Å²) in [7, 11) is 0. The highest BCUT2D eigenvalue weighted by molar-refractivity contribution is 5.54. The van der Waals surface area contributed by atoms with E-state index in [0.29, 0.717) is 0 Å². The molecule has 4 nitrogen and oxygen atoms in total. The standard InChI is InChI=1S/C10H13FN2O2/c1-10(2,3)12-7-5-4-6-8(9(7)11)13(14)15/h4-6,12H,1-3H3. The molecule has 15 heavy (non-hydrogen) atoms. The number of benzene rings is 1. The number of nitrogens with one attached hydrogen (secondary N) is 1. The zero-order valence-corrected chi connectivity index (χ0v) is 8.87. The SMILES string of the molecule is CC(C)(C)Nc1cccc([N+](=O)[O-])c1F. The van der Waals surface area contributed by atoms with E-state index in [4.69, 9.17) is 0 Å². The van der Waals surface area contributed by atoms with Gasteiger partial charge in [-0.2, -0.15) is 4.39 Å². The van der Waals surface area contributed by atoms with E-state index in [0.717, 1.165) is 6.07 Å². The summed E-state index contributed by atoms with van der Waals surface area (Å²) in [4.78, 5) is 9.74. The Balaban J connectivity index is 3.10. The predicted molar refractivity (Wildman–Crippen MR) is 56.4 cm³/mol. The van der Waals surface area contributed by atoms with E-state index in [1.54, 1.807) is 0 Å². The minimum Gasteiger partial charge on any atom is -0.378 e. The largest absolute Gasteiger partial charge is 0.378 e. The molecule has 5 heteroatoms. The Morgan fingerprint density at radius 3 is 2.47 bits per heavy atom. The molecule has 1 N–H and O–H groups in total. The summed E-state index contributed by atoms with van der Waals surface area (Å²) in [5.74, 6) is -0.822. The van der Waals surface area contributed by atoms with Crippen LogP contribution in [-0.4, -0.2) is 10.5 Å². The molecule has 1 aromatic carbocycles. The van der Waals surface area contributed by atoms with E-state index >= 15 is 0 Å². The first-order valence-corrected chi connectivity index (χ1v) is 4.52. The summed E-state index contributed by atoms with van der Waals surface area (Å²) in [5, 5.41) is 13.3. The van der Waals surface area contributed by atoms with E-state index in [1.165, 1.54) is 12.1 Å². The lowest BCUT2D eigenvalue weighted by atomic mass is 10.1. The molecule has 82 valence electrons. The molecule has 0 heterocycles. The van der Waals surface area contributed by atoms with Crippen molar-refractivity contribution in [1.29, 1.82) is 0 Å². The number of hydrogen-bond donors (Lipinski definition) is 1. The average molecular weight is 212 g/mol. The first-order valence-electron chi connectivity index (χ1n) is 4.52. The number of rotatable bonds is 2. The van der Waals surface area contributed by atoms with Crippen LogP contribution in [0.5, 0.6) is 0 Å². The molecule has 0 aliphatic rings. The average Bonchev–Trinajstić information content (AvgIpc) is 2.05. The number of nitro benzene ring substituents is 1. The van der Waals surface area contributed by atoms with E-state index in [2.05, 4.69) is 5.32 Å². The lowest BCUT2D eigenvalue weighted by Crippen LogP contribution is -2.26. The van der Waals surface area contributed by atoms with E-state index in [1.807, 2.05) is 20.8 Å². The molecule has 0 amide bonds. The molecular weight excluding hydrogens is 199 g/mol. The minimum absolute atomic E-state index is 0.150. The summed E-state index contributed by atoms with van der Waals surface area (Å²) in [5.41, 5.74) is -0.697. The second-order valence-electron chi connectivity index (χ2n) is 4.27. The molecular formula is C10H13FN2O2. The maximum atomic E-state index is 13.5. The predicted octanol–water partition coefficient (Wildman–Crippen LogP) is 2.94. The van der Waals surface area contributed by atoms with Gasteiger partial charge in [-0.25, -0.2) is 0 Å². The molecule has 0 bridgehead atoms. The molecule has 0 aromatic heterocycles. The fraction of sp³-hybridized carbons (Fsp3) is 0.400. The topological polar surface area (TPSA) is 55.2 Å². The molecule has 0 fully saturated rings. The van der Waals surface area contributed by atoms with Gasteiger partial charge in [-0.1, -0.05) is 6.07 Å². The van der Waals surface area contributed by atoms with Crippen LogP contribution in [0.2, 0.25) is 0 Å². The summed E-state index contributed by atoms with van der Waals surface area (Å²) in [6.45, 7) is 5.56. The van der Waals surface area contributed by atoms with Crippen molar-refractivity contribution in [3.63, 3.8) is 0 Å². The van der Waals surface area contributed by atoms with Crippen LogP contribution in [-0.2, 0) is 0 Å². The Kier molecular flexibility index (Phi) is 2.93. The third-order valence-electron chi connectivity index (χ3n) is 1.68. The van der Waals surface area contributed by atoms with E-state index in [-0.39, 0.29) is 11.2 Å². The van der Waals surface area contributed by atoms with Gasteiger partial charge in [0.1, 0.15) is 0 Å². The summed E-state index contributed by atoms with van der Waals surface area (Å²) < 4.78 is 13.5. The number of hydrogen-bond acceptors (Lipinski definition) is 3. The lowest BCUT2D eigenvalue weighted by Gasteiger charge is -2.22. The van der Waals surface area contributed by atoms with Gasteiger partial charge in [-0.3, -0.25) is 10.1 Å². The highest BCUT2D eigenvalue weighted by atomic mass is 19.1. The first-order chi connectivity index (χ1) is 6.81. The van der Waals surface area contributed by atoms with Crippen molar-refractivity contribution in [3.05, 3.63) is 34.1 Å². The monoisotopic (exact) mass is 212 g/mol. The summed E-state index contributed by atoms with van der Waals surface area (Å²) >= 11 is 0. The molecule has 0 spiro atoms. The Morgan fingerprint density at radius 1 is 1.40 bits per heavy atom. The maximum Gasteiger partial charge on any atom is 0.306 e. The normalized spacial score (nSPS) is 11.2. The van der Waals surface area contributed by atoms with Gasteiger partial charge in [-0.05, 0) is 26.8 Å². The molecule has 0 saturated heterocycles. The second-order valence-corrected chi connectivity index (χ2v) is 4.27. The van der Waals surface area contributed by atoms with Crippen LogP contribution < -0.4 is 5.32 Å². The molecule has 0 aliphatic heterocycles. The van der Waals surface area contributed by atoms with Crippen LogP contribution in [0.25, 0.3) is 0 Å². The number of nitrogens with zero attached hydrogens (tertiary/aromatic N) is 1. The number of anilines is 1. The van der Waals surface area contributed by atoms with Crippen LogP contribution in [0, 0.1) is 15.9 Å². The molecule has 0 atom stereocenters. The zero-order chi connectivity index (χ0) is 11.6. The molecule has 0 aliphatic carbocycles. The summed E-state index contributed by atoms with van der Waals surface area (Å²) in [6.07, 6.45) is 0. The van der Waals surface area contributed by atoms with Gasteiger partial charge in [0.25, 0.3) is 0 Å². The molecule has 1 rings (SSSR count). The van der Waals surface area contributed by atoms with Gasteiger partial charge in [0.15, 0.2) is 0 Å². The molecule has 0 saturated carbocycles. The van der Waals surface area contributed by atoms with Crippen molar-refractivity contribution in [2.24, 2.45) is 0 Å². The Labute approximate surface area is 87.3 Å². The second kappa shape index (κ2) is 3.84. The molecule has 1 aromatic rings. The van der Waals surface area contributed by atoms with Gasteiger partial charge in [0.05, 0.1) is 10.6 Å². The van der Waals surface area contributed by atoms with Crippen molar-refractivity contribution in [2.75, 3.05) is 5.32 Å². The number of nitro groups is 1. The molecule has 0 unspecified atom stereocenters. The van der Waals surface area contributed by atoms with E-state index < -0.39 is 16.4 Å². The lowest BCUT2D eigenvalue weighted by molar-refractivity contribution is -0.387. The van der Waals surface area contributed by atoms with Crippen molar-refractivity contribution in [1.82, 2.24) is 0 Å². The van der Waals surface area contributed by atoms with Crippen molar-refractivity contribution < 1.29 is 9.31 Å².